The van der Waals surface area contributed by atoms with Crippen LogP contribution in [0.5, 0.6) is 0 Å². The van der Waals surface area contributed by atoms with E-state index in [0.29, 0.717) is 10.7 Å². The van der Waals surface area contributed by atoms with Gasteiger partial charge in [0.2, 0.25) is 0 Å². The number of imidazole rings is 1. The number of amides is 1. The highest BCUT2D eigenvalue weighted by molar-refractivity contribution is 7.09. The fourth-order valence-electron chi connectivity index (χ4n) is 3.34. The molecule has 1 N–H and O–H groups in total. The van der Waals surface area contributed by atoms with Gasteiger partial charge in [-0.25, -0.2) is 9.97 Å². The first-order valence-electron chi connectivity index (χ1n) is 8.56. The van der Waals surface area contributed by atoms with E-state index in [-0.39, 0.29) is 11.9 Å². The molecule has 5 nitrogen and oxygen atoms in total. The van der Waals surface area contributed by atoms with Crippen LogP contribution in [0.2, 0.25) is 5.02 Å². The van der Waals surface area contributed by atoms with E-state index in [0.717, 1.165) is 54.1 Å². The number of thiazole rings is 1. The number of hydrogen-bond donors (Lipinski definition) is 1. The van der Waals surface area contributed by atoms with E-state index >= 15 is 0 Å². The van der Waals surface area contributed by atoms with Gasteiger partial charge in [-0.15, -0.1) is 11.3 Å². The number of hydrogen-bond acceptors (Lipinski definition) is 4. The SMILES string of the molecule is CCCc1nc(C(=O)N2CCC[C@@H]2c2nc3ccc(Cl)cc3[nH]2)cs1. The highest BCUT2D eigenvalue weighted by atomic mass is 35.5. The Labute approximate surface area is 155 Å². The first kappa shape index (κ1) is 16.5. The van der Waals surface area contributed by atoms with Crippen LogP contribution in [-0.2, 0) is 6.42 Å². The molecule has 130 valence electrons. The Balaban J connectivity index is 1.61. The molecule has 2 aromatic heterocycles. The van der Waals surface area contributed by atoms with Crippen molar-refractivity contribution in [3.8, 4) is 0 Å². The van der Waals surface area contributed by atoms with Crippen molar-refractivity contribution < 1.29 is 4.79 Å². The molecule has 0 radical (unpaired) electrons. The molecule has 1 aliphatic rings. The third-order valence-electron chi connectivity index (χ3n) is 4.53. The molecule has 1 amide bonds. The van der Waals surface area contributed by atoms with Gasteiger partial charge in [0, 0.05) is 16.9 Å². The van der Waals surface area contributed by atoms with Crippen molar-refractivity contribution in [1.29, 1.82) is 0 Å². The Bertz CT molecular complexity index is 919. The minimum atomic E-state index is -0.0324. The van der Waals surface area contributed by atoms with Gasteiger partial charge in [0.25, 0.3) is 5.91 Å². The smallest absolute Gasteiger partial charge is 0.273 e. The molecule has 1 atom stereocenters. The minimum Gasteiger partial charge on any atom is -0.340 e. The minimum absolute atomic E-state index is 0.000378. The Hall–Kier alpha value is -1.92. The first-order valence-corrected chi connectivity index (χ1v) is 9.82. The van der Waals surface area contributed by atoms with Gasteiger partial charge in [-0.2, -0.15) is 0 Å². The Morgan fingerprint density at radius 3 is 3.16 bits per heavy atom. The van der Waals surface area contributed by atoms with Gasteiger partial charge < -0.3 is 9.88 Å². The summed E-state index contributed by atoms with van der Waals surface area (Å²) in [4.78, 5) is 27.3. The summed E-state index contributed by atoms with van der Waals surface area (Å²) in [5.41, 5.74) is 2.33. The van der Waals surface area contributed by atoms with Gasteiger partial charge in [0.15, 0.2) is 0 Å². The number of aromatic amines is 1. The van der Waals surface area contributed by atoms with Crippen LogP contribution in [0.25, 0.3) is 11.0 Å². The molecule has 3 heterocycles. The lowest BCUT2D eigenvalue weighted by atomic mass is 10.2. The molecule has 7 heteroatoms. The van der Waals surface area contributed by atoms with Crippen LogP contribution in [0.4, 0.5) is 0 Å². The summed E-state index contributed by atoms with van der Waals surface area (Å²) >= 11 is 7.62. The summed E-state index contributed by atoms with van der Waals surface area (Å²) in [5.74, 6) is 0.826. The van der Waals surface area contributed by atoms with Crippen LogP contribution in [0.15, 0.2) is 23.6 Å². The van der Waals surface area contributed by atoms with E-state index in [1.807, 2.05) is 28.5 Å². The molecule has 0 saturated carbocycles. The highest BCUT2D eigenvalue weighted by Crippen LogP contribution is 2.33. The molecule has 0 bridgehead atoms. The van der Waals surface area contributed by atoms with Gasteiger partial charge >= 0.3 is 0 Å². The second kappa shape index (κ2) is 6.77. The highest BCUT2D eigenvalue weighted by Gasteiger charge is 2.33. The van der Waals surface area contributed by atoms with Crippen LogP contribution in [0, 0.1) is 0 Å². The van der Waals surface area contributed by atoms with Gasteiger partial charge in [-0.05, 0) is 43.9 Å². The van der Waals surface area contributed by atoms with Crippen LogP contribution in [-0.4, -0.2) is 32.3 Å². The Morgan fingerprint density at radius 1 is 1.44 bits per heavy atom. The number of halogens is 1. The second-order valence-electron chi connectivity index (χ2n) is 6.32. The summed E-state index contributed by atoms with van der Waals surface area (Å²) in [7, 11) is 0. The molecule has 0 unspecified atom stereocenters. The van der Waals surface area contributed by atoms with Gasteiger partial charge in [0.05, 0.1) is 22.1 Å². The van der Waals surface area contributed by atoms with Crippen molar-refractivity contribution >= 4 is 39.9 Å². The molecule has 1 aliphatic heterocycles. The van der Waals surface area contributed by atoms with Crippen LogP contribution in [0.3, 0.4) is 0 Å². The predicted molar refractivity (Wildman–Crippen MR) is 100 cm³/mol. The lowest BCUT2D eigenvalue weighted by molar-refractivity contribution is 0.0725. The maximum Gasteiger partial charge on any atom is 0.273 e. The van der Waals surface area contributed by atoms with Crippen LogP contribution >= 0.6 is 22.9 Å². The number of nitrogens with one attached hydrogen (secondary N) is 1. The molecule has 1 saturated heterocycles. The van der Waals surface area contributed by atoms with Gasteiger partial charge in [-0.1, -0.05) is 18.5 Å². The van der Waals surface area contributed by atoms with E-state index in [1.54, 1.807) is 11.3 Å². The molecular formula is C18H19ClN4OS. The summed E-state index contributed by atoms with van der Waals surface area (Å²) in [6, 6.07) is 5.56. The first-order chi connectivity index (χ1) is 12.2. The van der Waals surface area contributed by atoms with Crippen molar-refractivity contribution in [2.75, 3.05) is 6.54 Å². The molecule has 4 rings (SSSR count). The van der Waals surface area contributed by atoms with E-state index in [1.165, 1.54) is 0 Å². The number of aromatic nitrogens is 3. The van der Waals surface area contributed by atoms with Crippen LogP contribution in [0.1, 0.15) is 53.5 Å². The Morgan fingerprint density at radius 2 is 2.32 bits per heavy atom. The van der Waals surface area contributed by atoms with E-state index in [4.69, 9.17) is 11.6 Å². The van der Waals surface area contributed by atoms with E-state index < -0.39 is 0 Å². The number of aryl methyl sites for hydroxylation is 1. The van der Waals surface area contributed by atoms with Crippen molar-refractivity contribution in [3.05, 3.63) is 45.1 Å². The van der Waals surface area contributed by atoms with E-state index in [2.05, 4.69) is 21.9 Å². The van der Waals surface area contributed by atoms with E-state index in [9.17, 15) is 4.79 Å². The lowest BCUT2D eigenvalue weighted by Gasteiger charge is -2.22. The number of carbonyl (C=O) groups is 1. The van der Waals surface area contributed by atoms with Crippen molar-refractivity contribution in [3.63, 3.8) is 0 Å². The van der Waals surface area contributed by atoms with Crippen molar-refractivity contribution in [2.24, 2.45) is 0 Å². The third-order valence-corrected chi connectivity index (χ3v) is 5.67. The van der Waals surface area contributed by atoms with Crippen molar-refractivity contribution in [2.45, 2.75) is 38.6 Å². The largest absolute Gasteiger partial charge is 0.340 e. The maximum atomic E-state index is 12.9. The quantitative estimate of drug-likeness (QED) is 0.725. The van der Waals surface area contributed by atoms with Crippen LogP contribution < -0.4 is 0 Å². The number of carbonyl (C=O) groups excluding carboxylic acids is 1. The molecule has 1 fully saturated rings. The summed E-state index contributed by atoms with van der Waals surface area (Å²) in [5, 5.41) is 3.58. The molecular weight excluding hydrogens is 356 g/mol. The third kappa shape index (κ3) is 3.16. The van der Waals surface area contributed by atoms with Gasteiger partial charge in [0.1, 0.15) is 11.5 Å². The number of benzene rings is 1. The zero-order valence-corrected chi connectivity index (χ0v) is 15.5. The number of H-pyrrole nitrogens is 1. The number of rotatable bonds is 4. The maximum absolute atomic E-state index is 12.9. The molecule has 25 heavy (non-hydrogen) atoms. The monoisotopic (exact) mass is 374 g/mol. The van der Waals surface area contributed by atoms with Gasteiger partial charge in [-0.3, -0.25) is 4.79 Å². The standard InChI is InChI=1S/C18H19ClN4OS/c1-2-4-16-20-14(10-25-16)18(24)23-8-3-5-15(23)17-21-12-7-6-11(19)9-13(12)22-17/h6-7,9-10,15H,2-5,8H2,1H3,(H,21,22)/t15-/m1/s1. The summed E-state index contributed by atoms with van der Waals surface area (Å²) in [6.45, 7) is 2.86. The Kier molecular flexibility index (Phi) is 4.48. The zero-order chi connectivity index (χ0) is 17.4. The zero-order valence-electron chi connectivity index (χ0n) is 14.0. The van der Waals surface area contributed by atoms with Crippen molar-refractivity contribution in [1.82, 2.24) is 19.9 Å². The summed E-state index contributed by atoms with van der Waals surface area (Å²) < 4.78 is 0. The molecule has 3 aromatic rings. The number of nitrogens with zero attached hydrogens (tertiary/aromatic N) is 3. The topological polar surface area (TPSA) is 61.9 Å². The average Bonchev–Trinajstić information content (AvgIpc) is 3.32. The number of fused-ring (bicyclic) bond motifs is 1. The summed E-state index contributed by atoms with van der Waals surface area (Å²) in [6.07, 6.45) is 3.84. The fourth-order valence-corrected chi connectivity index (χ4v) is 4.38. The predicted octanol–water partition coefficient (Wildman–Crippen LogP) is 4.60. The molecule has 1 aromatic carbocycles. The lowest BCUT2D eigenvalue weighted by Crippen LogP contribution is -2.31. The average molecular weight is 375 g/mol. The fraction of sp³-hybridized carbons (Fsp3) is 0.389. The molecule has 0 spiro atoms. The normalized spacial score (nSPS) is 17.5. The second-order valence-corrected chi connectivity index (χ2v) is 7.70. The molecule has 0 aliphatic carbocycles. The number of likely N-dealkylation sites (tertiary alicyclic amines) is 1.